The number of likely N-dealkylation sites (tertiary alicyclic amines) is 1. The second-order valence-electron chi connectivity index (χ2n) is 6.35. The number of aromatic nitrogens is 4. The molecule has 3 heterocycles. The highest BCUT2D eigenvalue weighted by molar-refractivity contribution is 6.36. The van der Waals surface area contributed by atoms with Gasteiger partial charge in [0.05, 0.1) is 10.5 Å². The summed E-state index contributed by atoms with van der Waals surface area (Å²) in [5.41, 5.74) is 1.75. The predicted molar refractivity (Wildman–Crippen MR) is 92.7 cm³/mol. The maximum atomic E-state index is 11.8. The van der Waals surface area contributed by atoms with Crippen LogP contribution in [0.3, 0.4) is 0 Å². The molecule has 3 aromatic rings. The van der Waals surface area contributed by atoms with Gasteiger partial charge in [-0.2, -0.15) is 5.10 Å². The Morgan fingerprint density at radius 3 is 2.92 bits per heavy atom. The summed E-state index contributed by atoms with van der Waals surface area (Å²) in [5.74, 6) is 1.28. The lowest BCUT2D eigenvalue weighted by Gasteiger charge is -2.12. The molecule has 1 atom stereocenters. The van der Waals surface area contributed by atoms with E-state index in [4.69, 9.17) is 11.6 Å². The molecule has 24 heavy (non-hydrogen) atoms. The van der Waals surface area contributed by atoms with Gasteiger partial charge in [0.1, 0.15) is 5.69 Å². The predicted octanol–water partition coefficient (Wildman–Crippen LogP) is 2.57. The number of halogens is 1. The fraction of sp³-hybridized carbons (Fsp3) is 0.353. The number of nitrogens with zero attached hydrogens (tertiary/aromatic N) is 5. The third kappa shape index (κ3) is 2.38. The lowest BCUT2D eigenvalue weighted by atomic mass is 10.1. The van der Waals surface area contributed by atoms with Gasteiger partial charge in [0, 0.05) is 57.3 Å². The van der Waals surface area contributed by atoms with Gasteiger partial charge in [0.25, 0.3) is 0 Å². The number of amides is 1. The Morgan fingerprint density at radius 1 is 1.33 bits per heavy atom. The summed E-state index contributed by atoms with van der Waals surface area (Å²) in [5, 5.41) is 6.21. The fourth-order valence-electron chi connectivity index (χ4n) is 3.46. The number of fused-ring (bicyclic) bond motifs is 1. The van der Waals surface area contributed by atoms with Crippen LogP contribution in [-0.4, -0.2) is 43.7 Å². The molecule has 0 spiro atoms. The Balaban J connectivity index is 1.74. The minimum absolute atomic E-state index is 0.202. The molecule has 0 bridgehead atoms. The first-order valence-electron chi connectivity index (χ1n) is 7.91. The van der Waals surface area contributed by atoms with Gasteiger partial charge in [-0.15, -0.1) is 0 Å². The molecular formula is C17H18ClN5O. The Kier molecular flexibility index (Phi) is 3.57. The molecule has 1 aliphatic heterocycles. The minimum atomic E-state index is 0.202. The summed E-state index contributed by atoms with van der Waals surface area (Å²) in [7, 11) is 3.75. The number of carbonyl (C=O) groups is 1. The molecule has 4 rings (SSSR count). The number of imidazole rings is 1. The summed E-state index contributed by atoms with van der Waals surface area (Å²) >= 11 is 6.41. The zero-order valence-electron chi connectivity index (χ0n) is 13.6. The molecule has 7 heteroatoms. The second-order valence-corrected chi connectivity index (χ2v) is 6.76. The van der Waals surface area contributed by atoms with E-state index in [0.29, 0.717) is 17.4 Å². The molecule has 0 aliphatic carbocycles. The van der Waals surface area contributed by atoms with Gasteiger partial charge in [0.2, 0.25) is 5.91 Å². The summed E-state index contributed by atoms with van der Waals surface area (Å²) in [6.45, 7) is 1.52. The molecule has 6 nitrogen and oxygen atoms in total. The average Bonchev–Trinajstić information content (AvgIpc) is 3.20. The van der Waals surface area contributed by atoms with Crippen molar-refractivity contribution in [3.8, 4) is 11.5 Å². The van der Waals surface area contributed by atoms with Crippen molar-refractivity contribution in [3.05, 3.63) is 35.6 Å². The van der Waals surface area contributed by atoms with E-state index in [2.05, 4.69) is 14.6 Å². The number of carbonyl (C=O) groups excluding carboxylic acids is 1. The number of hydrogen-bond acceptors (Lipinski definition) is 3. The third-order valence-corrected chi connectivity index (χ3v) is 4.95. The van der Waals surface area contributed by atoms with Crippen LogP contribution in [0.4, 0.5) is 0 Å². The Hall–Kier alpha value is -2.34. The number of hydrogen-bond donors (Lipinski definition) is 0. The Morgan fingerprint density at radius 2 is 2.17 bits per heavy atom. The van der Waals surface area contributed by atoms with Crippen LogP contribution in [0.25, 0.3) is 22.4 Å². The summed E-state index contributed by atoms with van der Waals surface area (Å²) in [6, 6.07) is 5.78. The van der Waals surface area contributed by atoms with E-state index in [1.165, 1.54) is 0 Å². The van der Waals surface area contributed by atoms with E-state index >= 15 is 0 Å². The van der Waals surface area contributed by atoms with E-state index in [1.807, 2.05) is 43.2 Å². The third-order valence-electron chi connectivity index (χ3n) is 4.63. The molecule has 1 amide bonds. The highest BCUT2D eigenvalue weighted by Gasteiger charge is 2.28. The molecule has 1 unspecified atom stereocenters. The van der Waals surface area contributed by atoms with Crippen LogP contribution in [0.5, 0.6) is 0 Å². The Bertz CT molecular complexity index is 928. The molecule has 1 fully saturated rings. The number of benzene rings is 1. The fourth-order valence-corrected chi connectivity index (χ4v) is 3.72. The molecule has 0 radical (unpaired) electrons. The summed E-state index contributed by atoms with van der Waals surface area (Å²) < 4.78 is 3.89. The molecule has 1 aliphatic rings. The van der Waals surface area contributed by atoms with E-state index < -0.39 is 0 Å². The quantitative estimate of drug-likeness (QED) is 0.734. The molecule has 1 saturated heterocycles. The van der Waals surface area contributed by atoms with E-state index in [1.54, 1.807) is 11.1 Å². The summed E-state index contributed by atoms with van der Waals surface area (Å²) in [6.07, 6.45) is 4.29. The van der Waals surface area contributed by atoms with Crippen LogP contribution in [-0.2, 0) is 18.4 Å². The van der Waals surface area contributed by atoms with Crippen molar-refractivity contribution in [2.75, 3.05) is 13.6 Å². The van der Waals surface area contributed by atoms with Crippen molar-refractivity contribution in [2.45, 2.75) is 13.0 Å². The molecule has 0 saturated carbocycles. The molecule has 2 aromatic heterocycles. The van der Waals surface area contributed by atoms with Crippen LogP contribution in [0.2, 0.25) is 5.02 Å². The highest BCUT2D eigenvalue weighted by Crippen LogP contribution is 2.32. The van der Waals surface area contributed by atoms with Crippen molar-refractivity contribution in [3.63, 3.8) is 0 Å². The minimum Gasteiger partial charge on any atom is -0.345 e. The molecule has 0 N–H and O–H groups in total. The van der Waals surface area contributed by atoms with Crippen molar-refractivity contribution in [1.29, 1.82) is 0 Å². The Labute approximate surface area is 144 Å². The largest absolute Gasteiger partial charge is 0.345 e. The second kappa shape index (κ2) is 5.63. The highest BCUT2D eigenvalue weighted by atomic mass is 35.5. The average molecular weight is 344 g/mol. The van der Waals surface area contributed by atoms with Crippen LogP contribution in [0, 0.1) is 5.92 Å². The number of rotatable bonds is 3. The van der Waals surface area contributed by atoms with Gasteiger partial charge in [-0.25, -0.2) is 4.98 Å². The van der Waals surface area contributed by atoms with Crippen LogP contribution >= 0.6 is 11.6 Å². The van der Waals surface area contributed by atoms with Gasteiger partial charge in [-0.1, -0.05) is 17.7 Å². The van der Waals surface area contributed by atoms with Crippen molar-refractivity contribution >= 4 is 28.4 Å². The monoisotopic (exact) mass is 343 g/mol. The van der Waals surface area contributed by atoms with E-state index in [0.717, 1.165) is 35.5 Å². The van der Waals surface area contributed by atoms with Gasteiger partial charge in [-0.3, -0.25) is 9.48 Å². The van der Waals surface area contributed by atoms with E-state index in [-0.39, 0.29) is 5.91 Å². The lowest BCUT2D eigenvalue weighted by molar-refractivity contribution is -0.126. The zero-order valence-corrected chi connectivity index (χ0v) is 14.4. The number of aryl methyl sites for hydroxylation is 1. The van der Waals surface area contributed by atoms with Crippen LogP contribution in [0.15, 0.2) is 30.6 Å². The first-order valence-corrected chi connectivity index (χ1v) is 8.29. The standard InChI is InChI=1S/C17H18ClN5O/c1-21-9-11(8-14(21)24)10-23-7-6-19-17(23)16-15-12(18)4-3-5-13(15)22(2)20-16/h3-7,11H,8-10H2,1-2H3. The van der Waals surface area contributed by atoms with Gasteiger partial charge < -0.3 is 9.47 Å². The smallest absolute Gasteiger partial charge is 0.222 e. The van der Waals surface area contributed by atoms with Gasteiger partial charge in [0.15, 0.2) is 5.82 Å². The van der Waals surface area contributed by atoms with E-state index in [9.17, 15) is 4.79 Å². The molecule has 124 valence electrons. The first-order chi connectivity index (χ1) is 11.5. The zero-order chi connectivity index (χ0) is 16.8. The van der Waals surface area contributed by atoms with Crippen LogP contribution in [0.1, 0.15) is 6.42 Å². The van der Waals surface area contributed by atoms with Crippen molar-refractivity contribution in [2.24, 2.45) is 13.0 Å². The van der Waals surface area contributed by atoms with Gasteiger partial charge in [-0.05, 0) is 12.1 Å². The van der Waals surface area contributed by atoms with Crippen molar-refractivity contribution in [1.82, 2.24) is 24.2 Å². The first kappa shape index (κ1) is 15.2. The topological polar surface area (TPSA) is 56.0 Å². The van der Waals surface area contributed by atoms with Gasteiger partial charge >= 0.3 is 0 Å². The molecule has 1 aromatic carbocycles. The van der Waals surface area contributed by atoms with Crippen LogP contribution < -0.4 is 0 Å². The molecular weight excluding hydrogens is 326 g/mol. The SMILES string of the molecule is CN1CC(Cn2ccnc2-c2nn(C)c3cccc(Cl)c23)CC1=O. The maximum absolute atomic E-state index is 11.8. The summed E-state index contributed by atoms with van der Waals surface area (Å²) in [4.78, 5) is 18.0. The van der Waals surface area contributed by atoms with Crippen molar-refractivity contribution < 1.29 is 4.79 Å². The normalized spacial score (nSPS) is 18.0. The lowest BCUT2D eigenvalue weighted by Crippen LogP contribution is -2.20. The maximum Gasteiger partial charge on any atom is 0.222 e.